The smallest absolute Gasteiger partial charge is 0.243 e. The van der Waals surface area contributed by atoms with Crippen molar-refractivity contribution in [3.8, 4) is 11.5 Å². The second-order valence-electron chi connectivity index (χ2n) is 6.35. The highest BCUT2D eigenvalue weighted by Crippen LogP contribution is 2.30. The third kappa shape index (κ3) is 4.35. The monoisotopic (exact) mass is 404 g/mol. The van der Waals surface area contributed by atoms with E-state index in [2.05, 4.69) is 4.99 Å². The zero-order chi connectivity index (χ0) is 20.1. The van der Waals surface area contributed by atoms with Gasteiger partial charge in [-0.05, 0) is 43.7 Å². The van der Waals surface area contributed by atoms with Gasteiger partial charge in [0, 0.05) is 24.9 Å². The number of phenols is 1. The van der Waals surface area contributed by atoms with Crippen LogP contribution in [0, 0.1) is 6.92 Å². The van der Waals surface area contributed by atoms with E-state index in [-0.39, 0.29) is 10.6 Å². The fourth-order valence-corrected chi connectivity index (χ4v) is 4.59. The second-order valence-corrected chi connectivity index (χ2v) is 8.26. The van der Waals surface area contributed by atoms with E-state index < -0.39 is 10.0 Å². The van der Waals surface area contributed by atoms with Crippen molar-refractivity contribution in [3.05, 3.63) is 47.5 Å². The van der Waals surface area contributed by atoms with Gasteiger partial charge in [-0.25, -0.2) is 8.42 Å². The summed E-state index contributed by atoms with van der Waals surface area (Å²) in [5.74, 6) is 0.382. The number of ether oxygens (including phenoxy) is 2. The molecule has 0 amide bonds. The fraction of sp³-hybridized carbons (Fsp3) is 0.350. The van der Waals surface area contributed by atoms with Gasteiger partial charge < -0.3 is 14.6 Å². The molecule has 0 saturated carbocycles. The number of hydrogen-bond donors (Lipinski definition) is 1. The molecule has 8 heteroatoms. The summed E-state index contributed by atoms with van der Waals surface area (Å²) in [6.45, 7) is 5.51. The third-order valence-electron chi connectivity index (χ3n) is 4.44. The van der Waals surface area contributed by atoms with Gasteiger partial charge in [-0.15, -0.1) is 0 Å². The molecule has 0 atom stereocenters. The minimum Gasteiger partial charge on any atom is -0.504 e. The Morgan fingerprint density at radius 3 is 2.71 bits per heavy atom. The van der Waals surface area contributed by atoms with Crippen molar-refractivity contribution in [2.24, 2.45) is 4.99 Å². The lowest BCUT2D eigenvalue weighted by Gasteiger charge is -2.26. The van der Waals surface area contributed by atoms with Crippen LogP contribution in [0.1, 0.15) is 18.1 Å². The van der Waals surface area contributed by atoms with Crippen LogP contribution in [0.2, 0.25) is 0 Å². The van der Waals surface area contributed by atoms with E-state index in [1.54, 1.807) is 43.3 Å². The van der Waals surface area contributed by atoms with Crippen LogP contribution in [0.3, 0.4) is 0 Å². The first-order chi connectivity index (χ1) is 13.4. The molecule has 3 rings (SSSR count). The first-order valence-corrected chi connectivity index (χ1v) is 10.5. The number of aryl methyl sites for hydroxylation is 1. The summed E-state index contributed by atoms with van der Waals surface area (Å²) < 4.78 is 38.0. The fourth-order valence-electron chi connectivity index (χ4n) is 2.93. The van der Waals surface area contributed by atoms with Crippen LogP contribution < -0.4 is 4.74 Å². The van der Waals surface area contributed by atoms with Crippen molar-refractivity contribution in [2.75, 3.05) is 32.9 Å². The predicted octanol–water partition coefficient (Wildman–Crippen LogP) is 2.87. The zero-order valence-corrected chi connectivity index (χ0v) is 16.8. The average Bonchev–Trinajstić information content (AvgIpc) is 2.70. The molecule has 1 N–H and O–H groups in total. The summed E-state index contributed by atoms with van der Waals surface area (Å²) in [5.41, 5.74) is 1.63. The number of aliphatic imine (C=N–C) groups is 1. The SMILES string of the molecule is CCOc1cccc(C=Nc2ccc(C)c(S(=O)(=O)N3CCOCC3)c2)c1O. The van der Waals surface area contributed by atoms with E-state index in [9.17, 15) is 13.5 Å². The van der Waals surface area contributed by atoms with E-state index in [1.807, 2.05) is 6.92 Å². The van der Waals surface area contributed by atoms with Gasteiger partial charge in [0.15, 0.2) is 11.5 Å². The molecule has 0 aliphatic carbocycles. The molecule has 0 radical (unpaired) electrons. The molecule has 150 valence electrons. The molecule has 2 aromatic carbocycles. The van der Waals surface area contributed by atoms with Gasteiger partial charge in [0.1, 0.15) is 0 Å². The molecule has 0 unspecified atom stereocenters. The zero-order valence-electron chi connectivity index (χ0n) is 16.0. The molecule has 0 aromatic heterocycles. The van der Waals surface area contributed by atoms with Crippen LogP contribution in [-0.4, -0.2) is 57.0 Å². The Morgan fingerprint density at radius 2 is 2.00 bits per heavy atom. The van der Waals surface area contributed by atoms with Crippen molar-refractivity contribution in [1.82, 2.24) is 4.31 Å². The lowest BCUT2D eigenvalue weighted by Crippen LogP contribution is -2.40. The molecule has 1 aliphatic rings. The number of aromatic hydroxyl groups is 1. The van der Waals surface area contributed by atoms with E-state index >= 15 is 0 Å². The number of para-hydroxylation sites is 1. The maximum Gasteiger partial charge on any atom is 0.243 e. The minimum atomic E-state index is -3.61. The Balaban J connectivity index is 1.90. The highest BCUT2D eigenvalue weighted by atomic mass is 32.2. The Labute approximate surface area is 165 Å². The summed E-state index contributed by atoms with van der Waals surface area (Å²) in [4.78, 5) is 4.58. The largest absolute Gasteiger partial charge is 0.504 e. The molecule has 0 spiro atoms. The minimum absolute atomic E-state index is 0.00127. The Hall–Kier alpha value is -2.42. The van der Waals surface area contributed by atoms with Gasteiger partial charge in [-0.3, -0.25) is 4.99 Å². The van der Waals surface area contributed by atoms with Gasteiger partial charge in [-0.2, -0.15) is 4.31 Å². The molecular formula is C20H24N2O5S. The van der Waals surface area contributed by atoms with Gasteiger partial charge in [0.25, 0.3) is 0 Å². The Kier molecular flexibility index (Phi) is 6.33. The number of phenolic OH excluding ortho intramolecular Hbond substituents is 1. The summed E-state index contributed by atoms with van der Waals surface area (Å²) in [7, 11) is -3.61. The Morgan fingerprint density at radius 1 is 1.25 bits per heavy atom. The number of benzene rings is 2. The molecule has 1 aliphatic heterocycles. The molecule has 7 nitrogen and oxygen atoms in total. The van der Waals surface area contributed by atoms with E-state index in [4.69, 9.17) is 9.47 Å². The predicted molar refractivity (Wildman–Crippen MR) is 107 cm³/mol. The number of nitrogens with zero attached hydrogens (tertiary/aromatic N) is 2. The van der Waals surface area contributed by atoms with Crippen molar-refractivity contribution in [1.29, 1.82) is 0 Å². The Bertz CT molecular complexity index is 967. The first kappa shape index (κ1) is 20.3. The van der Waals surface area contributed by atoms with Crippen molar-refractivity contribution in [3.63, 3.8) is 0 Å². The van der Waals surface area contributed by atoms with Gasteiger partial charge in [0.2, 0.25) is 10.0 Å². The second kappa shape index (κ2) is 8.72. The highest BCUT2D eigenvalue weighted by Gasteiger charge is 2.27. The van der Waals surface area contributed by atoms with Crippen molar-refractivity contribution < 1.29 is 23.0 Å². The van der Waals surface area contributed by atoms with Crippen LogP contribution in [0.5, 0.6) is 11.5 Å². The normalized spacial score (nSPS) is 15.8. The topological polar surface area (TPSA) is 88.4 Å². The lowest BCUT2D eigenvalue weighted by atomic mass is 10.2. The third-order valence-corrected chi connectivity index (χ3v) is 6.48. The van der Waals surface area contributed by atoms with E-state index in [1.165, 1.54) is 10.5 Å². The maximum atomic E-state index is 13.0. The average molecular weight is 404 g/mol. The summed E-state index contributed by atoms with van der Waals surface area (Å²) in [6.07, 6.45) is 1.49. The molecule has 0 bridgehead atoms. The van der Waals surface area contributed by atoms with E-state index in [0.29, 0.717) is 55.5 Å². The molecular weight excluding hydrogens is 380 g/mol. The lowest BCUT2D eigenvalue weighted by molar-refractivity contribution is 0.0730. The standard InChI is InChI=1S/C20H24N2O5S/c1-3-27-18-6-4-5-16(20(18)23)14-21-17-8-7-15(2)19(13-17)28(24,25)22-9-11-26-12-10-22/h4-8,13-14,23H,3,9-12H2,1-2H3. The first-order valence-electron chi connectivity index (χ1n) is 9.11. The molecule has 1 heterocycles. The van der Waals surface area contributed by atoms with E-state index in [0.717, 1.165) is 0 Å². The number of hydrogen-bond acceptors (Lipinski definition) is 6. The molecule has 2 aromatic rings. The number of rotatable bonds is 6. The summed E-state index contributed by atoms with van der Waals surface area (Å²) in [6, 6.07) is 10.2. The van der Waals surface area contributed by atoms with Crippen molar-refractivity contribution >= 4 is 21.9 Å². The van der Waals surface area contributed by atoms with Crippen LogP contribution in [0.4, 0.5) is 5.69 Å². The molecule has 1 saturated heterocycles. The molecule has 1 fully saturated rings. The molecule has 28 heavy (non-hydrogen) atoms. The highest BCUT2D eigenvalue weighted by molar-refractivity contribution is 7.89. The van der Waals surface area contributed by atoms with Gasteiger partial charge in [-0.1, -0.05) is 12.1 Å². The summed E-state index contributed by atoms with van der Waals surface area (Å²) in [5, 5.41) is 10.3. The number of morpholine rings is 1. The van der Waals surface area contributed by atoms with Crippen molar-refractivity contribution in [2.45, 2.75) is 18.7 Å². The maximum absolute atomic E-state index is 13.0. The van der Waals surface area contributed by atoms with Crippen LogP contribution in [-0.2, 0) is 14.8 Å². The quantitative estimate of drug-likeness (QED) is 0.748. The van der Waals surface area contributed by atoms with Crippen LogP contribution in [0.25, 0.3) is 0 Å². The number of sulfonamides is 1. The van der Waals surface area contributed by atoms with Crippen LogP contribution >= 0.6 is 0 Å². The summed E-state index contributed by atoms with van der Waals surface area (Å²) >= 11 is 0. The van der Waals surface area contributed by atoms with Crippen LogP contribution in [0.15, 0.2) is 46.3 Å². The van der Waals surface area contributed by atoms with Gasteiger partial charge >= 0.3 is 0 Å². The van der Waals surface area contributed by atoms with Gasteiger partial charge in [0.05, 0.1) is 30.4 Å².